The molecule has 1 aromatic heterocycles. The molecule has 1 aliphatic rings. The average Bonchev–Trinajstić information content (AvgIpc) is 3.09. The van der Waals surface area contributed by atoms with Crippen molar-refractivity contribution in [2.24, 2.45) is 0 Å². The fraction of sp³-hybridized carbons (Fsp3) is 0.200. The monoisotopic (exact) mass is 366 g/mol. The van der Waals surface area contributed by atoms with Gasteiger partial charge in [-0.2, -0.15) is 0 Å². The highest BCUT2D eigenvalue weighted by Crippen LogP contribution is 2.37. The lowest BCUT2D eigenvalue weighted by atomic mass is 9.94. The molecule has 1 aliphatic carbocycles. The number of carbonyl (C=O) groups excluding carboxylic acids is 1. The highest BCUT2D eigenvalue weighted by molar-refractivity contribution is 7.16. The minimum Gasteiger partial charge on any atom is -0.493 e. The number of aryl methyl sites for hydroxylation is 2. The largest absolute Gasteiger partial charge is 0.493 e. The molecular formula is C20H18N2O3S. The Hall–Kier alpha value is -2.86. The van der Waals surface area contributed by atoms with Gasteiger partial charge in [0.2, 0.25) is 0 Å². The Morgan fingerprint density at radius 2 is 1.88 bits per heavy atom. The van der Waals surface area contributed by atoms with Crippen molar-refractivity contribution < 1.29 is 14.3 Å². The summed E-state index contributed by atoms with van der Waals surface area (Å²) in [4.78, 5) is 18.1. The zero-order chi connectivity index (χ0) is 17.9. The number of hydrogen-bond donors (Lipinski definition) is 1. The van der Waals surface area contributed by atoms with Gasteiger partial charge in [0.05, 0.1) is 12.8 Å². The third kappa shape index (κ3) is 3.28. The van der Waals surface area contributed by atoms with Gasteiger partial charge in [-0.1, -0.05) is 36.4 Å². The molecular weight excluding hydrogens is 348 g/mol. The van der Waals surface area contributed by atoms with Gasteiger partial charge in [-0.05, 0) is 30.5 Å². The van der Waals surface area contributed by atoms with Crippen molar-refractivity contribution in [1.29, 1.82) is 0 Å². The molecule has 3 aromatic rings. The first-order chi connectivity index (χ1) is 12.7. The van der Waals surface area contributed by atoms with Gasteiger partial charge >= 0.3 is 0 Å². The highest BCUT2D eigenvalue weighted by atomic mass is 32.1. The quantitative estimate of drug-likeness (QED) is 0.743. The standard InChI is InChI=1S/C20H18N2O3S/c1-24-15-8-4-5-9-16(15)25-12-18(23)21-20-22-19-14-7-3-2-6-13(14)10-11-17(19)26-20/h2-9H,10-12H2,1H3,(H,21,22,23). The number of nitrogens with zero attached hydrogens (tertiary/aromatic N) is 1. The van der Waals surface area contributed by atoms with E-state index in [1.54, 1.807) is 19.2 Å². The number of methoxy groups -OCH3 is 1. The van der Waals surface area contributed by atoms with Crippen LogP contribution >= 0.6 is 11.3 Å². The maximum absolute atomic E-state index is 12.2. The fourth-order valence-corrected chi connectivity index (χ4v) is 4.03. The second kappa shape index (κ2) is 7.17. The Kier molecular flexibility index (Phi) is 4.58. The number of hydrogen-bond acceptors (Lipinski definition) is 5. The van der Waals surface area contributed by atoms with Gasteiger partial charge in [0.25, 0.3) is 5.91 Å². The lowest BCUT2D eigenvalue weighted by molar-refractivity contribution is -0.118. The van der Waals surface area contributed by atoms with E-state index in [-0.39, 0.29) is 12.5 Å². The Bertz CT molecular complexity index is 952. The number of fused-ring (bicyclic) bond motifs is 3. The van der Waals surface area contributed by atoms with E-state index in [0.717, 1.165) is 24.1 Å². The summed E-state index contributed by atoms with van der Waals surface area (Å²) >= 11 is 1.53. The molecule has 1 heterocycles. The number of aromatic nitrogens is 1. The Labute approximate surface area is 155 Å². The second-order valence-electron chi connectivity index (χ2n) is 5.94. The Balaban J connectivity index is 1.44. The summed E-state index contributed by atoms with van der Waals surface area (Å²) in [5, 5.41) is 3.45. The maximum Gasteiger partial charge on any atom is 0.264 e. The summed E-state index contributed by atoms with van der Waals surface area (Å²) in [7, 11) is 1.57. The van der Waals surface area contributed by atoms with Gasteiger partial charge in [0, 0.05) is 10.4 Å². The normalized spacial score (nSPS) is 12.0. The van der Waals surface area contributed by atoms with Gasteiger partial charge in [0.15, 0.2) is 23.2 Å². The number of amides is 1. The number of carbonyl (C=O) groups is 1. The van der Waals surface area contributed by atoms with Crippen LogP contribution in [0.1, 0.15) is 10.4 Å². The molecule has 0 spiro atoms. The first-order valence-corrected chi connectivity index (χ1v) is 9.20. The minimum absolute atomic E-state index is 0.0960. The molecule has 4 rings (SSSR count). The minimum atomic E-state index is -0.240. The molecule has 1 amide bonds. The molecule has 5 nitrogen and oxygen atoms in total. The summed E-state index contributed by atoms with van der Waals surface area (Å²) in [5.74, 6) is 0.898. The molecule has 1 N–H and O–H groups in total. The van der Waals surface area contributed by atoms with Crippen molar-refractivity contribution >= 4 is 22.4 Å². The predicted octanol–water partition coefficient (Wildman–Crippen LogP) is 3.93. The summed E-state index contributed by atoms with van der Waals surface area (Å²) in [6, 6.07) is 15.5. The first kappa shape index (κ1) is 16.6. The van der Waals surface area contributed by atoms with Crippen molar-refractivity contribution in [2.75, 3.05) is 19.0 Å². The van der Waals surface area contributed by atoms with E-state index in [2.05, 4.69) is 22.4 Å². The van der Waals surface area contributed by atoms with Crippen molar-refractivity contribution in [2.45, 2.75) is 12.8 Å². The SMILES string of the molecule is COc1ccccc1OCC(=O)Nc1nc2c(s1)CCc1ccccc1-2. The van der Waals surface area contributed by atoms with Gasteiger partial charge in [0.1, 0.15) is 0 Å². The van der Waals surface area contributed by atoms with Gasteiger partial charge < -0.3 is 9.47 Å². The van der Waals surface area contributed by atoms with E-state index in [1.807, 2.05) is 24.3 Å². The third-order valence-corrected chi connectivity index (χ3v) is 5.30. The number of para-hydroxylation sites is 2. The lowest BCUT2D eigenvalue weighted by Gasteiger charge is -2.13. The van der Waals surface area contributed by atoms with Crippen LogP contribution in [0, 0.1) is 0 Å². The molecule has 0 aliphatic heterocycles. The van der Waals surface area contributed by atoms with E-state index in [0.29, 0.717) is 16.6 Å². The highest BCUT2D eigenvalue weighted by Gasteiger charge is 2.21. The second-order valence-corrected chi connectivity index (χ2v) is 7.02. The predicted molar refractivity (Wildman–Crippen MR) is 102 cm³/mol. The molecule has 6 heteroatoms. The van der Waals surface area contributed by atoms with Crippen LogP contribution in [0.3, 0.4) is 0 Å². The van der Waals surface area contributed by atoms with E-state index >= 15 is 0 Å². The molecule has 0 unspecified atom stereocenters. The molecule has 0 fully saturated rings. The molecule has 0 atom stereocenters. The molecule has 2 aromatic carbocycles. The third-order valence-electron chi connectivity index (χ3n) is 4.27. The summed E-state index contributed by atoms with van der Waals surface area (Å²) in [6.45, 7) is -0.0960. The maximum atomic E-state index is 12.2. The Morgan fingerprint density at radius 3 is 2.73 bits per heavy atom. The van der Waals surface area contributed by atoms with Crippen LogP contribution in [0.4, 0.5) is 5.13 Å². The van der Waals surface area contributed by atoms with Crippen LogP contribution in [0.25, 0.3) is 11.3 Å². The zero-order valence-electron chi connectivity index (χ0n) is 14.3. The average molecular weight is 366 g/mol. The van der Waals surface area contributed by atoms with Crippen LogP contribution in [-0.4, -0.2) is 24.6 Å². The lowest BCUT2D eigenvalue weighted by Crippen LogP contribution is -2.20. The van der Waals surface area contributed by atoms with Gasteiger partial charge in [-0.3, -0.25) is 10.1 Å². The number of ether oxygens (including phenoxy) is 2. The number of rotatable bonds is 5. The van der Waals surface area contributed by atoms with Gasteiger partial charge in [-0.25, -0.2) is 4.98 Å². The number of benzene rings is 2. The van der Waals surface area contributed by atoms with Crippen LogP contribution in [-0.2, 0) is 17.6 Å². The first-order valence-electron chi connectivity index (χ1n) is 8.38. The molecule has 0 bridgehead atoms. The number of nitrogens with one attached hydrogen (secondary N) is 1. The van der Waals surface area contributed by atoms with Crippen molar-refractivity contribution in [3.05, 3.63) is 59.0 Å². The van der Waals surface area contributed by atoms with Crippen LogP contribution in [0.2, 0.25) is 0 Å². The van der Waals surface area contributed by atoms with Crippen molar-refractivity contribution in [3.8, 4) is 22.8 Å². The molecule has 0 saturated carbocycles. The van der Waals surface area contributed by atoms with E-state index < -0.39 is 0 Å². The smallest absolute Gasteiger partial charge is 0.264 e. The summed E-state index contributed by atoms with van der Waals surface area (Å²) in [6.07, 6.45) is 1.97. The van der Waals surface area contributed by atoms with Crippen LogP contribution in [0.15, 0.2) is 48.5 Å². The Morgan fingerprint density at radius 1 is 1.12 bits per heavy atom. The van der Waals surface area contributed by atoms with E-state index in [1.165, 1.54) is 21.8 Å². The van der Waals surface area contributed by atoms with Crippen LogP contribution in [0.5, 0.6) is 11.5 Å². The van der Waals surface area contributed by atoms with Crippen LogP contribution < -0.4 is 14.8 Å². The zero-order valence-corrected chi connectivity index (χ0v) is 15.1. The van der Waals surface area contributed by atoms with Crippen molar-refractivity contribution in [1.82, 2.24) is 4.98 Å². The summed E-state index contributed by atoms with van der Waals surface area (Å²) < 4.78 is 10.8. The molecule has 0 saturated heterocycles. The topological polar surface area (TPSA) is 60.5 Å². The van der Waals surface area contributed by atoms with Crippen molar-refractivity contribution in [3.63, 3.8) is 0 Å². The fourth-order valence-electron chi connectivity index (χ4n) is 3.04. The van der Waals surface area contributed by atoms with Gasteiger partial charge in [-0.15, -0.1) is 11.3 Å². The molecule has 0 radical (unpaired) electrons. The molecule has 26 heavy (non-hydrogen) atoms. The van der Waals surface area contributed by atoms with E-state index in [9.17, 15) is 4.79 Å². The number of thiazole rings is 1. The van der Waals surface area contributed by atoms with E-state index in [4.69, 9.17) is 9.47 Å². The summed E-state index contributed by atoms with van der Waals surface area (Å²) in [5.41, 5.74) is 3.45. The number of anilines is 1. The molecule has 132 valence electrons.